The van der Waals surface area contributed by atoms with Crippen LogP contribution in [0.4, 0.5) is 5.69 Å². The van der Waals surface area contributed by atoms with Crippen molar-refractivity contribution in [3.63, 3.8) is 0 Å². The van der Waals surface area contributed by atoms with Crippen molar-refractivity contribution in [1.82, 2.24) is 9.47 Å². The molecule has 5 rings (SSSR count). The highest BCUT2D eigenvalue weighted by atomic mass is 16.7. The summed E-state index contributed by atoms with van der Waals surface area (Å²) in [6, 6.07) is 8.16. The number of methoxy groups -OCH3 is 1. The van der Waals surface area contributed by atoms with Gasteiger partial charge in [0.2, 0.25) is 0 Å². The van der Waals surface area contributed by atoms with Crippen LogP contribution in [-0.2, 0) is 28.9 Å². The molecule has 2 unspecified atom stereocenters. The third-order valence-electron chi connectivity index (χ3n) is 7.17. The van der Waals surface area contributed by atoms with Gasteiger partial charge in [-0.3, -0.25) is 9.47 Å². The minimum atomic E-state index is -0.615. The van der Waals surface area contributed by atoms with Gasteiger partial charge in [-0.25, -0.2) is 0 Å². The Bertz CT molecular complexity index is 957. The molecule has 3 heterocycles. The summed E-state index contributed by atoms with van der Waals surface area (Å²) < 4.78 is 19.1. The number of hydrogen-bond donors (Lipinski definition) is 2. The smallest absolute Gasteiger partial charge is 0.197 e. The van der Waals surface area contributed by atoms with Crippen molar-refractivity contribution in [3.05, 3.63) is 35.4 Å². The van der Waals surface area contributed by atoms with Crippen LogP contribution in [-0.4, -0.2) is 77.5 Å². The van der Waals surface area contributed by atoms with Crippen molar-refractivity contribution in [1.29, 1.82) is 0 Å². The summed E-state index contributed by atoms with van der Waals surface area (Å²) in [5, 5.41) is 21.7. The van der Waals surface area contributed by atoms with E-state index in [9.17, 15) is 10.2 Å². The first-order valence-corrected chi connectivity index (χ1v) is 11.9. The van der Waals surface area contributed by atoms with Crippen LogP contribution in [0.5, 0.6) is 17.5 Å². The van der Waals surface area contributed by atoms with Gasteiger partial charge >= 0.3 is 0 Å². The number of aromatic nitrogens is 1. The van der Waals surface area contributed by atoms with Crippen molar-refractivity contribution < 1.29 is 24.4 Å². The van der Waals surface area contributed by atoms with Crippen LogP contribution in [0.25, 0.3) is 0 Å². The molecule has 0 bridgehead atoms. The van der Waals surface area contributed by atoms with E-state index in [0.717, 1.165) is 61.7 Å². The molecule has 33 heavy (non-hydrogen) atoms. The fourth-order valence-corrected chi connectivity index (χ4v) is 5.55. The maximum Gasteiger partial charge on any atom is 0.197 e. The first-order chi connectivity index (χ1) is 15.9. The standard InChI is InChI=1S/C25H35N3O5/c1-25(2)32-21-15-17-18(16-22(21)33-25)24(30)28(23(17)29)10-6-9-26-11-13-27(14-12-26)19-7-4-5-8-20(19)31-3/h4-5,7-8,21-22,29-30H,6,9-16H2,1-3H3. The van der Waals surface area contributed by atoms with Crippen LogP contribution in [0.1, 0.15) is 31.4 Å². The van der Waals surface area contributed by atoms with Crippen LogP contribution >= 0.6 is 0 Å². The average Bonchev–Trinajstić information content (AvgIpc) is 3.24. The molecule has 8 heteroatoms. The van der Waals surface area contributed by atoms with Gasteiger partial charge in [-0.1, -0.05) is 12.1 Å². The number of ether oxygens (including phenoxy) is 3. The lowest BCUT2D eigenvalue weighted by molar-refractivity contribution is -0.145. The number of fused-ring (bicyclic) bond motifs is 2. The summed E-state index contributed by atoms with van der Waals surface area (Å²) in [7, 11) is 1.71. The minimum absolute atomic E-state index is 0.0758. The molecule has 2 saturated heterocycles. The molecule has 2 fully saturated rings. The zero-order chi connectivity index (χ0) is 23.2. The maximum absolute atomic E-state index is 10.8. The Labute approximate surface area is 195 Å². The third-order valence-corrected chi connectivity index (χ3v) is 7.17. The fraction of sp³-hybridized carbons (Fsp3) is 0.600. The van der Waals surface area contributed by atoms with E-state index in [4.69, 9.17) is 14.2 Å². The third kappa shape index (κ3) is 4.27. The topological polar surface area (TPSA) is 79.6 Å². The van der Waals surface area contributed by atoms with E-state index >= 15 is 0 Å². The second kappa shape index (κ2) is 8.74. The number of para-hydroxylation sites is 2. The largest absolute Gasteiger partial charge is 0.495 e. The van der Waals surface area contributed by atoms with Crippen LogP contribution in [0.15, 0.2) is 24.3 Å². The monoisotopic (exact) mass is 457 g/mol. The lowest BCUT2D eigenvalue weighted by Crippen LogP contribution is -2.46. The number of anilines is 1. The molecule has 0 amide bonds. The van der Waals surface area contributed by atoms with Gasteiger partial charge in [0.25, 0.3) is 0 Å². The SMILES string of the molecule is COc1ccccc1N1CCN(CCCn2c(O)c3c(c2O)CC2OC(C)(C)OC2C3)CC1. The van der Waals surface area contributed by atoms with Gasteiger partial charge in [0.1, 0.15) is 5.75 Å². The molecule has 1 aliphatic carbocycles. The van der Waals surface area contributed by atoms with Gasteiger partial charge in [0.05, 0.1) is 25.0 Å². The number of benzene rings is 1. The molecule has 2 aliphatic heterocycles. The van der Waals surface area contributed by atoms with Crippen molar-refractivity contribution in [2.75, 3.05) is 44.7 Å². The van der Waals surface area contributed by atoms with Crippen molar-refractivity contribution >= 4 is 5.69 Å². The summed E-state index contributed by atoms with van der Waals surface area (Å²) in [5.74, 6) is 0.651. The van der Waals surface area contributed by atoms with Gasteiger partial charge in [0, 0.05) is 56.7 Å². The highest BCUT2D eigenvalue weighted by molar-refractivity contribution is 5.58. The molecular formula is C25H35N3O5. The maximum atomic E-state index is 10.8. The Morgan fingerprint density at radius 2 is 1.55 bits per heavy atom. The average molecular weight is 458 g/mol. The normalized spacial score (nSPS) is 24.5. The molecule has 0 radical (unpaired) electrons. The first-order valence-electron chi connectivity index (χ1n) is 11.9. The second-order valence-corrected chi connectivity index (χ2v) is 9.73. The summed E-state index contributed by atoms with van der Waals surface area (Å²) in [4.78, 5) is 4.81. The van der Waals surface area contributed by atoms with Crippen LogP contribution < -0.4 is 9.64 Å². The van der Waals surface area contributed by atoms with Crippen LogP contribution in [0.3, 0.4) is 0 Å². The Kier molecular flexibility index (Phi) is 5.93. The van der Waals surface area contributed by atoms with E-state index in [0.29, 0.717) is 19.4 Å². The number of aromatic hydroxyl groups is 2. The summed E-state index contributed by atoms with van der Waals surface area (Å²) >= 11 is 0. The molecule has 1 aromatic heterocycles. The number of hydrogen-bond acceptors (Lipinski definition) is 7. The van der Waals surface area contributed by atoms with Crippen molar-refractivity contribution in [2.45, 2.75) is 57.6 Å². The van der Waals surface area contributed by atoms with Gasteiger partial charge in [0.15, 0.2) is 17.5 Å². The molecular weight excluding hydrogens is 422 g/mol. The van der Waals surface area contributed by atoms with Gasteiger partial charge in [-0.15, -0.1) is 0 Å². The molecule has 1 aromatic carbocycles. The Hall–Kier alpha value is -2.42. The molecule has 2 N–H and O–H groups in total. The van der Waals surface area contributed by atoms with E-state index in [1.807, 2.05) is 32.0 Å². The summed E-state index contributed by atoms with van der Waals surface area (Å²) in [6.07, 6.45) is 1.85. The molecule has 0 spiro atoms. The zero-order valence-electron chi connectivity index (χ0n) is 19.8. The van der Waals surface area contributed by atoms with Gasteiger partial charge in [-0.2, -0.15) is 0 Å². The predicted molar refractivity (Wildman–Crippen MR) is 125 cm³/mol. The Morgan fingerprint density at radius 1 is 0.939 bits per heavy atom. The van der Waals surface area contributed by atoms with E-state index in [1.54, 1.807) is 11.7 Å². The molecule has 8 nitrogen and oxygen atoms in total. The lowest BCUT2D eigenvalue weighted by atomic mass is 9.90. The van der Waals surface area contributed by atoms with E-state index in [-0.39, 0.29) is 24.0 Å². The predicted octanol–water partition coefficient (Wildman–Crippen LogP) is 2.74. The Balaban J connectivity index is 1.15. The van der Waals surface area contributed by atoms with Gasteiger partial charge in [-0.05, 0) is 38.9 Å². The van der Waals surface area contributed by atoms with Crippen molar-refractivity contribution in [2.24, 2.45) is 0 Å². The minimum Gasteiger partial charge on any atom is -0.495 e. The number of piperazine rings is 1. The Morgan fingerprint density at radius 3 is 2.15 bits per heavy atom. The highest BCUT2D eigenvalue weighted by Gasteiger charge is 2.46. The van der Waals surface area contributed by atoms with Crippen LogP contribution in [0, 0.1) is 0 Å². The van der Waals surface area contributed by atoms with Gasteiger partial charge < -0.3 is 29.3 Å². The molecule has 0 saturated carbocycles. The van der Waals surface area contributed by atoms with Crippen molar-refractivity contribution in [3.8, 4) is 17.5 Å². The zero-order valence-corrected chi connectivity index (χ0v) is 19.8. The van der Waals surface area contributed by atoms with Crippen LogP contribution in [0.2, 0.25) is 0 Å². The summed E-state index contributed by atoms with van der Waals surface area (Å²) in [5.41, 5.74) is 2.76. The number of nitrogens with zero attached hydrogens (tertiary/aromatic N) is 3. The van der Waals surface area contributed by atoms with E-state index in [1.165, 1.54) is 0 Å². The van der Waals surface area contributed by atoms with E-state index in [2.05, 4.69) is 15.9 Å². The molecule has 180 valence electrons. The molecule has 3 aliphatic rings. The number of rotatable bonds is 6. The van der Waals surface area contributed by atoms with E-state index < -0.39 is 5.79 Å². The highest BCUT2D eigenvalue weighted by Crippen LogP contribution is 2.44. The molecule has 2 aromatic rings. The lowest BCUT2D eigenvalue weighted by Gasteiger charge is -2.36. The fourth-order valence-electron chi connectivity index (χ4n) is 5.55. The summed E-state index contributed by atoms with van der Waals surface area (Å²) in [6.45, 7) is 9.19. The molecule has 2 atom stereocenters. The second-order valence-electron chi connectivity index (χ2n) is 9.73. The first kappa shape index (κ1) is 22.4. The quantitative estimate of drug-likeness (QED) is 0.691.